The van der Waals surface area contributed by atoms with Crippen LogP contribution in [0.25, 0.3) is 0 Å². The molecular formula is C19H25N3O. The number of benzene rings is 1. The van der Waals surface area contributed by atoms with Crippen LogP contribution in [0, 0.1) is 5.41 Å². The van der Waals surface area contributed by atoms with Crippen LogP contribution in [0.1, 0.15) is 32.4 Å². The predicted octanol–water partition coefficient (Wildman–Crippen LogP) is 3.42. The number of para-hydroxylation sites is 1. The van der Waals surface area contributed by atoms with Crippen molar-refractivity contribution in [2.75, 3.05) is 18.5 Å². The van der Waals surface area contributed by atoms with E-state index in [0.29, 0.717) is 6.54 Å². The number of rotatable bonds is 5. The van der Waals surface area contributed by atoms with Crippen molar-refractivity contribution >= 4 is 11.6 Å². The van der Waals surface area contributed by atoms with E-state index in [1.165, 1.54) is 0 Å². The normalized spacial score (nSPS) is 12.7. The molecule has 1 aromatic carbocycles. The lowest BCUT2D eigenvalue weighted by atomic mass is 9.93. The van der Waals surface area contributed by atoms with Crippen LogP contribution >= 0.6 is 0 Å². The molecule has 0 aliphatic rings. The average Bonchev–Trinajstić information content (AvgIpc) is 2.56. The van der Waals surface area contributed by atoms with Gasteiger partial charge in [0.1, 0.15) is 0 Å². The SMILES string of the molecule is CNC(CN(C(=O)C(C)(C)C)c1ccccc1)c1ccncc1. The third-order valence-corrected chi connectivity index (χ3v) is 3.78. The van der Waals surface area contributed by atoms with Gasteiger partial charge in [-0.25, -0.2) is 0 Å². The minimum atomic E-state index is -0.438. The zero-order valence-corrected chi connectivity index (χ0v) is 14.3. The first-order valence-corrected chi connectivity index (χ1v) is 7.87. The number of amides is 1. The number of anilines is 1. The van der Waals surface area contributed by atoms with Gasteiger partial charge in [0.05, 0.1) is 6.04 Å². The molecule has 1 atom stereocenters. The van der Waals surface area contributed by atoms with Crippen molar-refractivity contribution in [1.82, 2.24) is 10.3 Å². The fraction of sp³-hybridized carbons (Fsp3) is 0.368. The maximum absolute atomic E-state index is 12.9. The van der Waals surface area contributed by atoms with Crippen molar-refractivity contribution in [3.05, 3.63) is 60.4 Å². The van der Waals surface area contributed by atoms with Gasteiger partial charge in [-0.2, -0.15) is 0 Å². The van der Waals surface area contributed by atoms with Gasteiger partial charge in [-0.1, -0.05) is 39.0 Å². The summed E-state index contributed by atoms with van der Waals surface area (Å²) in [6.45, 7) is 6.42. The summed E-state index contributed by atoms with van der Waals surface area (Å²) < 4.78 is 0. The van der Waals surface area contributed by atoms with Gasteiger partial charge in [0.25, 0.3) is 0 Å². The van der Waals surface area contributed by atoms with Gasteiger partial charge in [-0.05, 0) is 36.9 Å². The van der Waals surface area contributed by atoms with E-state index in [1.807, 2.05) is 75.2 Å². The molecule has 0 saturated carbocycles. The van der Waals surface area contributed by atoms with Crippen LogP contribution in [0.2, 0.25) is 0 Å². The highest BCUT2D eigenvalue weighted by atomic mass is 16.2. The van der Waals surface area contributed by atoms with E-state index in [-0.39, 0.29) is 11.9 Å². The fourth-order valence-electron chi connectivity index (χ4n) is 2.46. The van der Waals surface area contributed by atoms with Crippen LogP contribution in [0.4, 0.5) is 5.69 Å². The van der Waals surface area contributed by atoms with E-state index in [9.17, 15) is 4.79 Å². The molecule has 0 radical (unpaired) electrons. The number of aromatic nitrogens is 1. The molecule has 0 aliphatic carbocycles. The molecule has 1 unspecified atom stereocenters. The van der Waals surface area contributed by atoms with Gasteiger partial charge in [0.15, 0.2) is 0 Å². The number of likely N-dealkylation sites (N-methyl/N-ethyl adjacent to an activating group) is 1. The molecule has 0 fully saturated rings. The summed E-state index contributed by atoms with van der Waals surface area (Å²) in [5.74, 6) is 0.109. The van der Waals surface area contributed by atoms with Crippen molar-refractivity contribution in [3.8, 4) is 0 Å². The van der Waals surface area contributed by atoms with Crippen molar-refractivity contribution in [3.63, 3.8) is 0 Å². The topological polar surface area (TPSA) is 45.2 Å². The second kappa shape index (κ2) is 7.38. The molecule has 0 spiro atoms. The third-order valence-electron chi connectivity index (χ3n) is 3.78. The number of nitrogens with one attached hydrogen (secondary N) is 1. The fourth-order valence-corrected chi connectivity index (χ4v) is 2.46. The molecule has 2 aromatic rings. The first-order valence-electron chi connectivity index (χ1n) is 7.87. The van der Waals surface area contributed by atoms with E-state index in [0.717, 1.165) is 11.3 Å². The van der Waals surface area contributed by atoms with E-state index in [2.05, 4.69) is 10.3 Å². The summed E-state index contributed by atoms with van der Waals surface area (Å²) in [5.41, 5.74) is 1.60. The molecule has 0 aliphatic heterocycles. The summed E-state index contributed by atoms with van der Waals surface area (Å²) in [6, 6.07) is 13.8. The van der Waals surface area contributed by atoms with E-state index in [1.54, 1.807) is 12.4 Å². The Balaban J connectivity index is 2.32. The summed E-state index contributed by atoms with van der Waals surface area (Å²) in [6.07, 6.45) is 3.55. The Bertz CT molecular complexity index is 620. The molecule has 2 rings (SSSR count). The van der Waals surface area contributed by atoms with Gasteiger partial charge in [0.2, 0.25) is 5.91 Å². The molecule has 1 aromatic heterocycles. The summed E-state index contributed by atoms with van der Waals surface area (Å²) >= 11 is 0. The van der Waals surface area contributed by atoms with Gasteiger partial charge in [0, 0.05) is 30.0 Å². The lowest BCUT2D eigenvalue weighted by Crippen LogP contribution is -2.44. The van der Waals surface area contributed by atoms with Gasteiger partial charge >= 0.3 is 0 Å². The zero-order valence-electron chi connectivity index (χ0n) is 14.3. The number of carbonyl (C=O) groups is 1. The van der Waals surface area contributed by atoms with Crippen LogP contribution in [0.5, 0.6) is 0 Å². The second-order valence-corrected chi connectivity index (χ2v) is 6.62. The minimum Gasteiger partial charge on any atom is -0.312 e. The quantitative estimate of drug-likeness (QED) is 0.920. The summed E-state index contributed by atoms with van der Waals surface area (Å²) in [5, 5.41) is 3.30. The first kappa shape index (κ1) is 17.2. The number of pyridine rings is 1. The zero-order chi connectivity index (χ0) is 16.9. The number of nitrogens with zero attached hydrogens (tertiary/aromatic N) is 2. The average molecular weight is 311 g/mol. The molecule has 23 heavy (non-hydrogen) atoms. The largest absolute Gasteiger partial charge is 0.312 e. The highest BCUT2D eigenvalue weighted by Crippen LogP contribution is 2.25. The highest BCUT2D eigenvalue weighted by molar-refractivity contribution is 5.97. The first-order chi connectivity index (χ1) is 10.9. The minimum absolute atomic E-state index is 0.0458. The second-order valence-electron chi connectivity index (χ2n) is 6.62. The van der Waals surface area contributed by atoms with E-state index < -0.39 is 5.41 Å². The number of hydrogen-bond acceptors (Lipinski definition) is 3. The van der Waals surface area contributed by atoms with Crippen molar-refractivity contribution < 1.29 is 4.79 Å². The molecule has 1 heterocycles. The summed E-state index contributed by atoms with van der Waals surface area (Å²) in [7, 11) is 1.91. The molecule has 0 saturated heterocycles. The van der Waals surface area contributed by atoms with Crippen molar-refractivity contribution in [2.24, 2.45) is 5.41 Å². The van der Waals surface area contributed by atoms with E-state index >= 15 is 0 Å². The smallest absolute Gasteiger partial charge is 0.232 e. The summed E-state index contributed by atoms with van der Waals surface area (Å²) in [4.78, 5) is 18.9. The van der Waals surface area contributed by atoms with Crippen LogP contribution in [-0.4, -0.2) is 24.5 Å². The monoisotopic (exact) mass is 311 g/mol. The van der Waals surface area contributed by atoms with Crippen molar-refractivity contribution in [2.45, 2.75) is 26.8 Å². The standard InChI is InChI=1S/C19H25N3O/c1-19(2,3)18(23)22(16-8-6-5-7-9-16)14-17(20-4)15-10-12-21-13-11-15/h5-13,17,20H,14H2,1-4H3. The Morgan fingerprint density at radius 1 is 1.13 bits per heavy atom. The molecule has 4 nitrogen and oxygen atoms in total. The molecule has 0 bridgehead atoms. The third kappa shape index (κ3) is 4.39. The highest BCUT2D eigenvalue weighted by Gasteiger charge is 2.30. The Morgan fingerprint density at radius 3 is 2.26 bits per heavy atom. The Labute approximate surface area is 138 Å². The van der Waals surface area contributed by atoms with Crippen LogP contribution in [0.15, 0.2) is 54.9 Å². The Kier molecular flexibility index (Phi) is 5.50. The Morgan fingerprint density at radius 2 is 1.74 bits per heavy atom. The lowest BCUT2D eigenvalue weighted by Gasteiger charge is -2.32. The Hall–Kier alpha value is -2.20. The van der Waals surface area contributed by atoms with Gasteiger partial charge in [-0.3, -0.25) is 9.78 Å². The van der Waals surface area contributed by atoms with Gasteiger partial charge < -0.3 is 10.2 Å². The van der Waals surface area contributed by atoms with Crippen molar-refractivity contribution in [1.29, 1.82) is 0 Å². The molecule has 1 N–H and O–H groups in total. The molecule has 4 heteroatoms. The lowest BCUT2D eigenvalue weighted by molar-refractivity contribution is -0.125. The van der Waals surface area contributed by atoms with Crippen LogP contribution in [-0.2, 0) is 4.79 Å². The van der Waals surface area contributed by atoms with E-state index in [4.69, 9.17) is 0 Å². The molecule has 1 amide bonds. The maximum atomic E-state index is 12.9. The van der Waals surface area contributed by atoms with Gasteiger partial charge in [-0.15, -0.1) is 0 Å². The van der Waals surface area contributed by atoms with Crippen LogP contribution < -0.4 is 10.2 Å². The maximum Gasteiger partial charge on any atom is 0.232 e. The predicted molar refractivity (Wildman–Crippen MR) is 94.3 cm³/mol. The molecular weight excluding hydrogens is 286 g/mol. The molecule has 122 valence electrons. The number of carbonyl (C=O) groups excluding carboxylic acids is 1. The number of hydrogen-bond donors (Lipinski definition) is 1. The van der Waals surface area contributed by atoms with Crippen LogP contribution in [0.3, 0.4) is 0 Å².